The van der Waals surface area contributed by atoms with Gasteiger partial charge in [0.15, 0.2) is 0 Å². The van der Waals surface area contributed by atoms with Gasteiger partial charge in [0.05, 0.1) is 13.2 Å². The third kappa shape index (κ3) is 6.88. The van der Waals surface area contributed by atoms with Gasteiger partial charge < -0.3 is 20.1 Å². The predicted molar refractivity (Wildman–Crippen MR) is 154 cm³/mol. The van der Waals surface area contributed by atoms with Gasteiger partial charge in [-0.25, -0.2) is 17.6 Å². The molecular formula is C30H34FN3O5S. The lowest BCUT2D eigenvalue weighted by Crippen LogP contribution is -2.50. The van der Waals surface area contributed by atoms with Crippen molar-refractivity contribution in [1.82, 2.24) is 9.21 Å². The van der Waals surface area contributed by atoms with Gasteiger partial charge in [-0.15, -0.1) is 0 Å². The molecule has 2 N–H and O–H groups in total. The number of amides is 2. The van der Waals surface area contributed by atoms with Gasteiger partial charge in [0, 0.05) is 31.2 Å². The molecule has 4 rings (SSSR count). The fraction of sp³-hybridized carbons (Fsp3) is 0.300. The number of aliphatic hydroxyl groups excluding tert-OH is 1. The van der Waals surface area contributed by atoms with Crippen molar-refractivity contribution in [3.63, 3.8) is 0 Å². The number of anilines is 1. The van der Waals surface area contributed by atoms with Gasteiger partial charge in [-0.1, -0.05) is 55.5 Å². The Kier molecular flexibility index (Phi) is 9.24. The second kappa shape index (κ2) is 12.6. The number of likely N-dealkylation sites (N-methyl/N-ethyl adjacent to an activating group) is 1. The summed E-state index contributed by atoms with van der Waals surface area (Å²) in [6.07, 6.45) is 3.23. The van der Waals surface area contributed by atoms with E-state index in [9.17, 15) is 22.7 Å². The average molecular weight is 568 g/mol. The molecule has 0 aromatic heterocycles. The van der Waals surface area contributed by atoms with Crippen LogP contribution in [0.4, 0.5) is 14.9 Å². The van der Waals surface area contributed by atoms with Crippen molar-refractivity contribution in [1.29, 1.82) is 0 Å². The highest BCUT2D eigenvalue weighted by molar-refractivity contribution is 7.89. The Morgan fingerprint density at radius 1 is 1.12 bits per heavy atom. The molecule has 0 saturated carbocycles. The first-order valence-corrected chi connectivity index (χ1v) is 14.5. The average Bonchev–Trinajstić information content (AvgIpc) is 2.95. The maximum absolute atomic E-state index is 13.7. The van der Waals surface area contributed by atoms with E-state index in [1.54, 1.807) is 26.1 Å². The molecule has 212 valence electrons. The second-order valence-corrected chi connectivity index (χ2v) is 11.9. The van der Waals surface area contributed by atoms with E-state index in [1.165, 1.54) is 39.5 Å². The molecule has 0 saturated heterocycles. The van der Waals surface area contributed by atoms with Crippen LogP contribution in [-0.2, 0) is 10.0 Å². The zero-order valence-corrected chi connectivity index (χ0v) is 23.5. The molecule has 2 amide bonds. The van der Waals surface area contributed by atoms with Crippen molar-refractivity contribution < 1.29 is 27.4 Å². The van der Waals surface area contributed by atoms with Crippen LogP contribution in [0.2, 0.25) is 0 Å². The summed E-state index contributed by atoms with van der Waals surface area (Å²) in [6, 6.07) is 19.0. The van der Waals surface area contributed by atoms with Crippen LogP contribution >= 0.6 is 0 Å². The first-order chi connectivity index (χ1) is 19.1. The SMILES string of the molecule is C[C@@H]1CN([C@@H](C)CO)S(=O)(=O)c2ccc(/C=C/c3ccccc3)cc2O[C@@H]1CN(C)C(=O)Nc1ccc(F)cc1. The van der Waals surface area contributed by atoms with E-state index in [0.29, 0.717) is 5.69 Å². The number of carbonyl (C=O) groups excluding carboxylic acids is 1. The molecule has 0 fully saturated rings. The molecule has 0 radical (unpaired) electrons. The summed E-state index contributed by atoms with van der Waals surface area (Å²) in [7, 11) is -2.37. The highest BCUT2D eigenvalue weighted by Gasteiger charge is 2.38. The molecule has 0 spiro atoms. The van der Waals surface area contributed by atoms with Crippen molar-refractivity contribution in [2.75, 3.05) is 32.1 Å². The molecule has 40 heavy (non-hydrogen) atoms. The van der Waals surface area contributed by atoms with Gasteiger partial charge in [-0.05, 0) is 54.4 Å². The Labute approximate surface area is 234 Å². The Balaban J connectivity index is 1.64. The molecule has 1 aliphatic heterocycles. The number of ether oxygens (including phenoxy) is 1. The first-order valence-electron chi connectivity index (χ1n) is 13.0. The number of hydrogen-bond donors (Lipinski definition) is 2. The van der Waals surface area contributed by atoms with E-state index < -0.39 is 34.0 Å². The Morgan fingerprint density at radius 2 is 1.80 bits per heavy atom. The second-order valence-electron chi connectivity index (χ2n) is 10.0. The van der Waals surface area contributed by atoms with Crippen LogP contribution < -0.4 is 10.1 Å². The molecule has 3 aromatic carbocycles. The van der Waals surface area contributed by atoms with E-state index in [1.807, 2.05) is 49.4 Å². The van der Waals surface area contributed by atoms with Gasteiger partial charge >= 0.3 is 6.03 Å². The number of nitrogens with one attached hydrogen (secondary N) is 1. The monoisotopic (exact) mass is 567 g/mol. The van der Waals surface area contributed by atoms with Gasteiger partial charge in [0.1, 0.15) is 22.6 Å². The van der Waals surface area contributed by atoms with Gasteiger partial charge in [0.2, 0.25) is 10.0 Å². The number of fused-ring (bicyclic) bond motifs is 1. The van der Waals surface area contributed by atoms with Crippen molar-refractivity contribution >= 4 is 33.9 Å². The number of rotatable bonds is 7. The molecular weight excluding hydrogens is 533 g/mol. The number of hydrogen-bond acceptors (Lipinski definition) is 5. The van der Waals surface area contributed by atoms with Crippen LogP contribution in [0.1, 0.15) is 25.0 Å². The lowest BCUT2D eigenvalue weighted by Gasteiger charge is -2.37. The van der Waals surface area contributed by atoms with Crippen LogP contribution in [0, 0.1) is 11.7 Å². The largest absolute Gasteiger partial charge is 0.487 e. The number of benzene rings is 3. The van der Waals surface area contributed by atoms with Crippen LogP contribution in [-0.4, -0.2) is 67.7 Å². The van der Waals surface area contributed by atoms with Gasteiger partial charge in [-0.2, -0.15) is 4.31 Å². The third-order valence-electron chi connectivity index (χ3n) is 6.85. The van der Waals surface area contributed by atoms with E-state index in [4.69, 9.17) is 4.74 Å². The first kappa shape index (κ1) is 29.3. The minimum Gasteiger partial charge on any atom is -0.487 e. The number of nitrogens with zero attached hydrogens (tertiary/aromatic N) is 2. The maximum Gasteiger partial charge on any atom is 0.321 e. The molecule has 0 bridgehead atoms. The normalized spacial score (nSPS) is 19.6. The fourth-order valence-corrected chi connectivity index (χ4v) is 6.25. The molecule has 1 heterocycles. The third-order valence-corrected chi connectivity index (χ3v) is 8.87. The zero-order chi connectivity index (χ0) is 28.9. The summed E-state index contributed by atoms with van der Waals surface area (Å²) >= 11 is 0. The lowest BCUT2D eigenvalue weighted by atomic mass is 10.0. The van der Waals surface area contributed by atoms with E-state index in [2.05, 4.69) is 5.32 Å². The maximum atomic E-state index is 13.7. The van der Waals surface area contributed by atoms with Crippen molar-refractivity contribution in [2.24, 2.45) is 5.92 Å². The number of urea groups is 1. The summed E-state index contributed by atoms with van der Waals surface area (Å²) in [6.45, 7) is 3.41. The summed E-state index contributed by atoms with van der Waals surface area (Å²) in [4.78, 5) is 14.3. The van der Waals surface area contributed by atoms with E-state index in [0.717, 1.165) is 11.1 Å². The Bertz CT molecular complexity index is 1450. The lowest BCUT2D eigenvalue weighted by molar-refractivity contribution is 0.0830. The summed E-state index contributed by atoms with van der Waals surface area (Å²) in [5.41, 5.74) is 2.18. The van der Waals surface area contributed by atoms with E-state index >= 15 is 0 Å². The van der Waals surface area contributed by atoms with Crippen molar-refractivity contribution in [3.05, 3.63) is 89.7 Å². The quantitative estimate of drug-likeness (QED) is 0.395. The molecule has 10 heteroatoms. The van der Waals surface area contributed by atoms with Crippen molar-refractivity contribution in [2.45, 2.75) is 30.9 Å². The highest BCUT2D eigenvalue weighted by Crippen LogP contribution is 2.34. The number of halogens is 1. The molecule has 3 aromatic rings. The Morgan fingerprint density at radius 3 is 2.48 bits per heavy atom. The standard InChI is InChI=1S/C30H34FN3O5S/c1-21-18-34(22(2)20-35)40(37,38)29-16-11-24(10-9-23-7-5-4-6-8-23)17-27(29)39-28(21)19-33(3)30(36)32-26-14-12-25(31)13-15-26/h4-17,21-22,28,35H,18-20H2,1-3H3,(H,32,36)/b10-9+/t21-,22+,28-/m1/s1. The fourth-order valence-electron chi connectivity index (χ4n) is 4.43. The van der Waals surface area contributed by atoms with Gasteiger partial charge in [0.25, 0.3) is 0 Å². The molecule has 3 atom stereocenters. The molecule has 0 aliphatic carbocycles. The number of aliphatic hydroxyl groups is 1. The predicted octanol–water partition coefficient (Wildman–Crippen LogP) is 4.93. The van der Waals surface area contributed by atoms with E-state index in [-0.39, 0.29) is 36.3 Å². The van der Waals surface area contributed by atoms with Crippen molar-refractivity contribution in [3.8, 4) is 5.75 Å². The van der Waals surface area contributed by atoms with Crippen LogP contribution in [0.25, 0.3) is 12.2 Å². The van der Waals surface area contributed by atoms with Crippen LogP contribution in [0.5, 0.6) is 5.75 Å². The smallest absolute Gasteiger partial charge is 0.321 e. The minimum atomic E-state index is -3.98. The topological polar surface area (TPSA) is 99.2 Å². The number of sulfonamides is 1. The molecule has 8 nitrogen and oxygen atoms in total. The summed E-state index contributed by atoms with van der Waals surface area (Å²) < 4.78 is 48.3. The highest BCUT2D eigenvalue weighted by atomic mass is 32.2. The summed E-state index contributed by atoms with van der Waals surface area (Å²) in [5.74, 6) is -0.563. The zero-order valence-electron chi connectivity index (χ0n) is 22.7. The molecule has 0 unspecified atom stereocenters. The minimum absolute atomic E-state index is 0.0000205. The Hall–Kier alpha value is -3.73. The van der Waals surface area contributed by atoms with Crippen LogP contribution in [0.3, 0.4) is 0 Å². The van der Waals surface area contributed by atoms with Crippen LogP contribution in [0.15, 0.2) is 77.7 Å². The number of carbonyl (C=O) groups is 1. The summed E-state index contributed by atoms with van der Waals surface area (Å²) in [5, 5.41) is 12.6. The molecule has 1 aliphatic rings. The van der Waals surface area contributed by atoms with Gasteiger partial charge in [-0.3, -0.25) is 0 Å².